The lowest BCUT2D eigenvalue weighted by molar-refractivity contribution is -0.121. The Labute approximate surface area is 197 Å². The van der Waals surface area contributed by atoms with E-state index in [4.69, 9.17) is 4.42 Å². The second-order valence-electron chi connectivity index (χ2n) is 6.77. The first-order chi connectivity index (χ1) is 15.4. The first kappa shape index (κ1) is 21.9. The standard InChI is InChI=1S/C24H17BrN2O4S/c1-2-12-27-22(28)21(32-24(27)26-18-5-3-4-16(13-18)23(29)30)14-19-10-11-20(31-19)15-6-8-17(25)9-7-15/h2-11,13-14H,1,12H2,(H,29,30)/b21-14+,26-24?. The topological polar surface area (TPSA) is 83.1 Å². The van der Waals surface area contributed by atoms with E-state index >= 15 is 0 Å². The predicted molar refractivity (Wildman–Crippen MR) is 130 cm³/mol. The van der Waals surface area contributed by atoms with Gasteiger partial charge in [0, 0.05) is 22.7 Å². The number of hydrogen-bond acceptors (Lipinski definition) is 5. The van der Waals surface area contributed by atoms with E-state index in [1.54, 1.807) is 24.3 Å². The van der Waals surface area contributed by atoms with Gasteiger partial charge in [0.05, 0.1) is 16.2 Å². The fourth-order valence-electron chi connectivity index (χ4n) is 3.03. The van der Waals surface area contributed by atoms with E-state index in [2.05, 4.69) is 27.5 Å². The van der Waals surface area contributed by atoms with Gasteiger partial charge in [-0.3, -0.25) is 9.69 Å². The normalized spacial score (nSPS) is 16.2. The monoisotopic (exact) mass is 508 g/mol. The number of aliphatic imine (C=N–C) groups is 1. The largest absolute Gasteiger partial charge is 0.478 e. The molecule has 1 amide bonds. The van der Waals surface area contributed by atoms with E-state index in [0.717, 1.165) is 10.0 Å². The molecule has 1 aliphatic rings. The Morgan fingerprint density at radius 1 is 1.19 bits per heavy atom. The number of rotatable bonds is 6. The smallest absolute Gasteiger partial charge is 0.335 e. The summed E-state index contributed by atoms with van der Waals surface area (Å²) in [6.07, 6.45) is 3.30. The van der Waals surface area contributed by atoms with E-state index in [9.17, 15) is 14.7 Å². The molecule has 8 heteroatoms. The van der Waals surface area contributed by atoms with Crippen LogP contribution >= 0.6 is 27.7 Å². The molecule has 0 unspecified atom stereocenters. The number of halogens is 1. The van der Waals surface area contributed by atoms with Gasteiger partial charge in [-0.25, -0.2) is 9.79 Å². The third kappa shape index (κ3) is 4.76. The molecule has 1 saturated heterocycles. The van der Waals surface area contributed by atoms with E-state index in [0.29, 0.717) is 27.3 Å². The van der Waals surface area contributed by atoms with Crippen LogP contribution in [0.25, 0.3) is 17.4 Å². The Hall–Kier alpha value is -3.36. The minimum Gasteiger partial charge on any atom is -0.478 e. The highest BCUT2D eigenvalue weighted by Gasteiger charge is 2.33. The lowest BCUT2D eigenvalue weighted by Crippen LogP contribution is -2.29. The molecule has 0 atom stereocenters. The van der Waals surface area contributed by atoms with Crippen LogP contribution < -0.4 is 0 Å². The molecule has 6 nitrogen and oxygen atoms in total. The molecule has 1 aromatic heterocycles. The summed E-state index contributed by atoms with van der Waals surface area (Å²) in [6, 6.07) is 17.7. The maximum atomic E-state index is 13.0. The highest BCUT2D eigenvalue weighted by atomic mass is 79.9. The number of carbonyl (C=O) groups excluding carboxylic acids is 1. The maximum Gasteiger partial charge on any atom is 0.335 e. The first-order valence-electron chi connectivity index (χ1n) is 9.55. The van der Waals surface area contributed by atoms with Crippen LogP contribution in [0.4, 0.5) is 5.69 Å². The van der Waals surface area contributed by atoms with Crippen molar-refractivity contribution in [3.05, 3.63) is 94.0 Å². The Balaban J connectivity index is 1.63. The van der Waals surface area contributed by atoms with Gasteiger partial charge in [0.25, 0.3) is 5.91 Å². The van der Waals surface area contributed by atoms with Crippen LogP contribution in [0.2, 0.25) is 0 Å². The number of furan rings is 1. The van der Waals surface area contributed by atoms with Gasteiger partial charge in [0.2, 0.25) is 0 Å². The summed E-state index contributed by atoms with van der Waals surface area (Å²) < 4.78 is 6.89. The number of thioether (sulfide) groups is 1. The molecular weight excluding hydrogens is 492 g/mol. The summed E-state index contributed by atoms with van der Waals surface area (Å²) in [4.78, 5) is 30.6. The average molecular weight is 509 g/mol. The number of amidine groups is 1. The van der Waals surface area contributed by atoms with Crippen molar-refractivity contribution in [2.45, 2.75) is 0 Å². The molecule has 0 bridgehead atoms. The quantitative estimate of drug-likeness (QED) is 0.316. The van der Waals surface area contributed by atoms with Gasteiger partial charge in [-0.1, -0.05) is 40.2 Å². The second kappa shape index (κ2) is 9.42. The summed E-state index contributed by atoms with van der Waals surface area (Å²) in [6.45, 7) is 3.99. The Morgan fingerprint density at radius 3 is 2.69 bits per heavy atom. The minimum atomic E-state index is -1.04. The molecule has 0 saturated carbocycles. The molecule has 1 fully saturated rings. The Morgan fingerprint density at radius 2 is 1.97 bits per heavy atom. The number of carbonyl (C=O) groups is 2. The van der Waals surface area contributed by atoms with E-state index in [-0.39, 0.29) is 18.0 Å². The molecule has 4 rings (SSSR count). The van der Waals surface area contributed by atoms with Crippen LogP contribution in [0, 0.1) is 0 Å². The number of nitrogens with zero attached hydrogens (tertiary/aromatic N) is 2. The molecular formula is C24H17BrN2O4S. The zero-order chi connectivity index (χ0) is 22.7. The van der Waals surface area contributed by atoms with Crippen molar-refractivity contribution in [3.8, 4) is 11.3 Å². The number of amides is 1. The molecule has 3 aromatic rings. The third-order valence-electron chi connectivity index (χ3n) is 4.55. The van der Waals surface area contributed by atoms with Crippen LogP contribution in [0.15, 0.2) is 92.1 Å². The fraction of sp³-hybridized carbons (Fsp3) is 0.0417. The summed E-state index contributed by atoms with van der Waals surface area (Å²) >= 11 is 4.62. The van der Waals surface area contributed by atoms with E-state index in [1.165, 1.54) is 28.8 Å². The number of aromatic carboxylic acids is 1. The molecule has 1 aliphatic heterocycles. The van der Waals surface area contributed by atoms with Crippen molar-refractivity contribution in [2.24, 2.45) is 4.99 Å². The van der Waals surface area contributed by atoms with Crippen LogP contribution in [0.3, 0.4) is 0 Å². The molecule has 1 N–H and O–H groups in total. The number of carboxylic acid groups (broad SMARTS) is 1. The van der Waals surface area contributed by atoms with Gasteiger partial charge in [0.15, 0.2) is 5.17 Å². The van der Waals surface area contributed by atoms with Crippen molar-refractivity contribution in [2.75, 3.05) is 6.54 Å². The van der Waals surface area contributed by atoms with Gasteiger partial charge in [-0.15, -0.1) is 6.58 Å². The number of carboxylic acids is 1. The summed E-state index contributed by atoms with van der Waals surface area (Å²) in [5, 5.41) is 9.65. The highest BCUT2D eigenvalue weighted by Crippen LogP contribution is 2.35. The van der Waals surface area contributed by atoms with Gasteiger partial charge < -0.3 is 9.52 Å². The molecule has 0 spiro atoms. The van der Waals surface area contributed by atoms with Crippen molar-refractivity contribution in [1.29, 1.82) is 0 Å². The van der Waals surface area contributed by atoms with Crippen molar-refractivity contribution < 1.29 is 19.1 Å². The number of benzene rings is 2. The average Bonchev–Trinajstić information content (AvgIpc) is 3.35. The highest BCUT2D eigenvalue weighted by molar-refractivity contribution is 9.10. The lowest BCUT2D eigenvalue weighted by Gasteiger charge is -2.12. The Bertz CT molecular complexity index is 1260. The SMILES string of the molecule is C=CCN1C(=O)/C(=C\c2ccc(-c3ccc(Br)cc3)o2)SC1=Nc1cccc(C(=O)O)c1. The fourth-order valence-corrected chi connectivity index (χ4v) is 4.28. The zero-order valence-electron chi connectivity index (χ0n) is 16.7. The van der Waals surface area contributed by atoms with E-state index < -0.39 is 5.97 Å². The molecule has 0 radical (unpaired) electrons. The van der Waals surface area contributed by atoms with Crippen molar-refractivity contribution in [3.63, 3.8) is 0 Å². The first-order valence-corrected chi connectivity index (χ1v) is 11.2. The zero-order valence-corrected chi connectivity index (χ0v) is 19.1. The molecule has 2 aromatic carbocycles. The lowest BCUT2D eigenvalue weighted by atomic mass is 10.2. The summed E-state index contributed by atoms with van der Waals surface area (Å²) in [7, 11) is 0. The molecule has 32 heavy (non-hydrogen) atoms. The van der Waals surface area contributed by atoms with Gasteiger partial charge in [0.1, 0.15) is 11.5 Å². The van der Waals surface area contributed by atoms with Crippen LogP contribution in [0.5, 0.6) is 0 Å². The van der Waals surface area contributed by atoms with Crippen molar-refractivity contribution >= 4 is 56.5 Å². The minimum absolute atomic E-state index is 0.128. The molecule has 160 valence electrons. The van der Waals surface area contributed by atoms with Crippen molar-refractivity contribution in [1.82, 2.24) is 4.90 Å². The second-order valence-corrected chi connectivity index (χ2v) is 8.70. The van der Waals surface area contributed by atoms with Crippen LogP contribution in [-0.2, 0) is 4.79 Å². The molecule has 2 heterocycles. The maximum absolute atomic E-state index is 13.0. The Kier molecular flexibility index (Phi) is 6.43. The summed E-state index contributed by atoms with van der Waals surface area (Å²) in [5.41, 5.74) is 1.51. The van der Waals surface area contributed by atoms with E-state index in [1.807, 2.05) is 36.4 Å². The predicted octanol–water partition coefficient (Wildman–Crippen LogP) is 6.20. The van der Waals surface area contributed by atoms with Gasteiger partial charge in [-0.2, -0.15) is 0 Å². The third-order valence-corrected chi connectivity index (χ3v) is 6.08. The van der Waals surface area contributed by atoms with Gasteiger partial charge >= 0.3 is 5.97 Å². The van der Waals surface area contributed by atoms with Crippen LogP contribution in [-0.4, -0.2) is 33.6 Å². The number of hydrogen-bond donors (Lipinski definition) is 1. The van der Waals surface area contributed by atoms with Gasteiger partial charge in [-0.05, 0) is 54.2 Å². The van der Waals surface area contributed by atoms with Crippen LogP contribution in [0.1, 0.15) is 16.1 Å². The summed E-state index contributed by atoms with van der Waals surface area (Å²) in [5.74, 6) is -0.0108. The molecule has 0 aliphatic carbocycles.